The molecule has 3 saturated heterocycles. The molecule has 7 fully saturated rings. The predicted octanol–water partition coefficient (Wildman–Crippen LogP) is 5.19. The number of carbonyl (C=O) groups is 2. The van der Waals surface area contributed by atoms with Crippen molar-refractivity contribution in [3.63, 3.8) is 0 Å². The average Bonchev–Trinajstić information content (AvgIpc) is 3.63. The Morgan fingerprint density at radius 3 is 2.24 bits per heavy atom. The van der Waals surface area contributed by atoms with Gasteiger partial charge in [-0.15, -0.1) is 0 Å². The number of hydrogen-bond donors (Lipinski definition) is 5. The van der Waals surface area contributed by atoms with Gasteiger partial charge >= 0.3 is 11.9 Å². The van der Waals surface area contributed by atoms with Crippen LogP contribution in [0.4, 0.5) is 0 Å². The minimum Gasteiger partial charge on any atom is -0.497 e. The average molecular weight is 957 g/mol. The molecule has 3 unspecified atom stereocenters. The van der Waals surface area contributed by atoms with Crippen LogP contribution in [-0.2, 0) is 33.2 Å². The van der Waals surface area contributed by atoms with Gasteiger partial charge in [0.15, 0.2) is 24.8 Å². The third kappa shape index (κ3) is 11.3. The summed E-state index contributed by atoms with van der Waals surface area (Å²) in [6, 6.07) is 6.26. The summed E-state index contributed by atoms with van der Waals surface area (Å²) in [5.41, 5.74) is 0.615. The van der Waals surface area contributed by atoms with Gasteiger partial charge in [-0.05, 0) is 140 Å². The molecule has 3 heterocycles. The van der Waals surface area contributed by atoms with Crippen LogP contribution in [0.5, 0.6) is 5.75 Å². The van der Waals surface area contributed by atoms with Gasteiger partial charge in [-0.3, -0.25) is 4.79 Å². The number of methoxy groups -OCH3 is 1. The molecule has 3 aliphatic heterocycles. The fourth-order valence-electron chi connectivity index (χ4n) is 15.0. The van der Waals surface area contributed by atoms with Crippen molar-refractivity contribution in [1.29, 1.82) is 0 Å². The van der Waals surface area contributed by atoms with Gasteiger partial charge < -0.3 is 63.8 Å². The van der Waals surface area contributed by atoms with Crippen molar-refractivity contribution in [2.75, 3.05) is 66.3 Å². The molecule has 68 heavy (non-hydrogen) atoms. The van der Waals surface area contributed by atoms with Crippen LogP contribution in [0.1, 0.15) is 116 Å². The van der Waals surface area contributed by atoms with Crippen molar-refractivity contribution in [3.05, 3.63) is 29.8 Å². The quantitative estimate of drug-likeness (QED) is 0.128. The van der Waals surface area contributed by atoms with Crippen LogP contribution in [0, 0.1) is 64.1 Å². The first-order valence-electron chi connectivity index (χ1n) is 26.2. The second kappa shape index (κ2) is 22.5. The largest absolute Gasteiger partial charge is 0.497 e. The lowest BCUT2D eigenvalue weighted by Crippen LogP contribution is -2.57. The van der Waals surface area contributed by atoms with Gasteiger partial charge in [0.2, 0.25) is 0 Å². The number of benzene rings is 1. The Morgan fingerprint density at radius 1 is 0.824 bits per heavy atom. The molecular formula is C53H84N2O13. The van der Waals surface area contributed by atoms with Gasteiger partial charge in [0.25, 0.3) is 0 Å². The van der Waals surface area contributed by atoms with Crippen LogP contribution in [0.25, 0.3) is 0 Å². The number of ether oxygens (including phenoxy) is 7. The van der Waals surface area contributed by atoms with E-state index in [0.29, 0.717) is 53.8 Å². The summed E-state index contributed by atoms with van der Waals surface area (Å²) in [4.78, 5) is 28.6. The second-order valence-electron chi connectivity index (χ2n) is 22.7. The normalized spacial score (nSPS) is 41.6. The van der Waals surface area contributed by atoms with Crippen LogP contribution >= 0.6 is 0 Å². The summed E-state index contributed by atoms with van der Waals surface area (Å²) >= 11 is 0. The van der Waals surface area contributed by atoms with Crippen molar-refractivity contribution >= 4 is 11.9 Å². The molecule has 384 valence electrons. The van der Waals surface area contributed by atoms with Crippen LogP contribution in [0.2, 0.25) is 0 Å². The molecule has 1 aromatic carbocycles. The Kier molecular flexibility index (Phi) is 17.2. The maximum atomic E-state index is 13.2. The fraction of sp³-hybridized carbons (Fsp3) is 0.849. The van der Waals surface area contributed by atoms with Crippen molar-refractivity contribution in [2.45, 2.75) is 154 Å². The molecule has 15 heteroatoms. The minimum atomic E-state index is -1.52. The van der Waals surface area contributed by atoms with Gasteiger partial charge in [-0.2, -0.15) is 0 Å². The maximum Gasteiger partial charge on any atom is 0.338 e. The highest BCUT2D eigenvalue weighted by atomic mass is 16.7. The van der Waals surface area contributed by atoms with Crippen LogP contribution < -0.4 is 10.1 Å². The lowest BCUT2D eigenvalue weighted by Gasteiger charge is -2.61. The lowest BCUT2D eigenvalue weighted by atomic mass is 9.44. The molecule has 0 spiro atoms. The van der Waals surface area contributed by atoms with Crippen molar-refractivity contribution in [1.82, 2.24) is 10.2 Å². The van der Waals surface area contributed by atoms with Crippen LogP contribution in [-0.4, -0.2) is 153 Å². The third-order valence-corrected chi connectivity index (χ3v) is 18.5. The predicted molar refractivity (Wildman–Crippen MR) is 252 cm³/mol. The highest BCUT2D eigenvalue weighted by Crippen LogP contribution is 2.69. The number of fused-ring (bicyclic) bond motifs is 5. The van der Waals surface area contributed by atoms with Crippen molar-refractivity contribution < 1.29 is 63.2 Å². The van der Waals surface area contributed by atoms with E-state index in [9.17, 15) is 30.0 Å². The molecule has 5 N–H and O–H groups in total. The van der Waals surface area contributed by atoms with E-state index in [0.717, 1.165) is 64.8 Å². The van der Waals surface area contributed by atoms with E-state index in [1.807, 2.05) is 0 Å². The molecule has 15 nitrogen and oxygen atoms in total. The molecule has 4 aliphatic carbocycles. The van der Waals surface area contributed by atoms with Crippen molar-refractivity contribution in [3.8, 4) is 5.75 Å². The summed E-state index contributed by atoms with van der Waals surface area (Å²) in [5, 5.41) is 47.1. The summed E-state index contributed by atoms with van der Waals surface area (Å²) < 4.78 is 41.8. The van der Waals surface area contributed by atoms with Crippen LogP contribution in [0.3, 0.4) is 0 Å². The molecule has 1 aromatic rings. The number of carbonyl (C=O) groups excluding carboxylic acids is 2. The SMILES string of the molecule is COc1ccc(C(=O)O[C@H]2[C@H](OC[C@@H]3[C@@H](OC(C)=O)[C@H](OC[C@H]4CC5C6CC[C@H]7C[C@@H](O)CC[C@]7(C)C6CC[C@]5(C)[C@H]4[C@H](C)CCC[C@@H](C)CN4CCNCC4)OC[C@@H]3O)OC[C@@H](O)[C@@H]2O)cc1. The molecule has 0 bridgehead atoms. The van der Waals surface area contributed by atoms with E-state index in [4.69, 9.17) is 33.2 Å². The summed E-state index contributed by atoms with van der Waals surface area (Å²) in [5.74, 6) is 2.66. The maximum absolute atomic E-state index is 13.2. The zero-order valence-corrected chi connectivity index (χ0v) is 41.7. The summed E-state index contributed by atoms with van der Waals surface area (Å²) in [6.45, 7) is 16.7. The number of nitrogens with one attached hydrogen (secondary N) is 1. The minimum absolute atomic E-state index is 0.0889. The topological polar surface area (TPSA) is 195 Å². The Morgan fingerprint density at radius 2 is 1.51 bits per heavy atom. The first-order chi connectivity index (χ1) is 32.6. The van der Waals surface area contributed by atoms with E-state index in [-0.39, 0.29) is 48.2 Å². The highest BCUT2D eigenvalue weighted by Gasteiger charge is 2.63. The van der Waals surface area contributed by atoms with E-state index in [1.54, 1.807) is 12.1 Å². The van der Waals surface area contributed by atoms with E-state index >= 15 is 0 Å². The summed E-state index contributed by atoms with van der Waals surface area (Å²) in [7, 11) is 1.52. The van der Waals surface area contributed by atoms with Gasteiger partial charge in [0.1, 0.15) is 18.0 Å². The Labute approximate surface area is 404 Å². The number of hydrogen-bond acceptors (Lipinski definition) is 15. The number of aliphatic hydroxyl groups excluding tert-OH is 4. The summed E-state index contributed by atoms with van der Waals surface area (Å²) in [6.07, 6.45) is 3.56. The van der Waals surface area contributed by atoms with Gasteiger partial charge in [0, 0.05) is 39.6 Å². The number of nitrogens with zero attached hydrogens (tertiary/aromatic N) is 1. The smallest absolute Gasteiger partial charge is 0.338 e. The third-order valence-electron chi connectivity index (χ3n) is 18.5. The number of esters is 2. The number of rotatable bonds is 17. The van der Waals surface area contributed by atoms with E-state index in [1.165, 1.54) is 64.7 Å². The van der Waals surface area contributed by atoms with Crippen LogP contribution in [0.15, 0.2) is 24.3 Å². The zero-order chi connectivity index (χ0) is 48.3. The van der Waals surface area contributed by atoms with Gasteiger partial charge in [-0.1, -0.05) is 40.5 Å². The molecule has 0 aromatic heterocycles. The lowest BCUT2D eigenvalue weighted by molar-refractivity contribution is -0.297. The number of aliphatic hydroxyl groups is 4. The van der Waals surface area contributed by atoms with E-state index < -0.39 is 61.0 Å². The zero-order valence-electron chi connectivity index (χ0n) is 41.7. The molecule has 0 amide bonds. The second-order valence-corrected chi connectivity index (χ2v) is 22.7. The molecule has 7 aliphatic rings. The first-order valence-corrected chi connectivity index (χ1v) is 26.2. The first kappa shape index (κ1) is 51.9. The molecule has 19 atom stereocenters. The highest BCUT2D eigenvalue weighted by molar-refractivity contribution is 5.89. The Balaban J connectivity index is 0.965. The van der Waals surface area contributed by atoms with Crippen molar-refractivity contribution in [2.24, 2.45) is 64.1 Å². The Bertz CT molecular complexity index is 1800. The van der Waals surface area contributed by atoms with E-state index in [2.05, 4.69) is 37.9 Å². The molecular weight excluding hydrogens is 873 g/mol. The van der Waals surface area contributed by atoms with Gasteiger partial charge in [-0.25, -0.2) is 4.79 Å². The molecule has 8 rings (SSSR count). The Hall–Kier alpha value is -2.44. The number of piperazine rings is 1. The molecule has 0 radical (unpaired) electrons. The van der Waals surface area contributed by atoms with Gasteiger partial charge in [0.05, 0.1) is 57.2 Å². The fourth-order valence-corrected chi connectivity index (χ4v) is 15.0. The standard InChI is InChI=1S/C53H84N2O13/c1-31(26-55-22-20-54-21-23-55)8-7-9-32(2)45-35(24-42-39-15-12-36-25-37(57)16-18-52(36,4)41(39)17-19-53(42,45)5)27-63-50-47(67-33(3)56)40(43(58)29-65-50)28-64-51-48(46(60)44(59)30-66-51)68-49(61)34-10-13-38(62-6)14-11-34/h10-11,13-14,31-32,35-37,39-48,50-51,54,57-60H,7-9,12,15-30H2,1-6H3/t31-,32-,35-,36+,37+,39?,40+,41?,42?,43+,44-,45+,46+,47-,48-,50-,51-,52+,53+/m1/s1. The monoisotopic (exact) mass is 957 g/mol. The molecule has 4 saturated carbocycles.